The van der Waals surface area contributed by atoms with Crippen LogP contribution in [0.25, 0.3) is 0 Å². The molecule has 0 unspecified atom stereocenters. The molecule has 0 saturated heterocycles. The number of rotatable bonds is 5. The van der Waals surface area contributed by atoms with Crippen molar-refractivity contribution in [1.29, 1.82) is 0 Å². The number of hydrogen-bond acceptors (Lipinski definition) is 3. The fraction of sp³-hybridized carbons (Fsp3) is 1.00. The van der Waals surface area contributed by atoms with Crippen molar-refractivity contribution in [3.63, 3.8) is 0 Å². The van der Waals surface area contributed by atoms with Crippen molar-refractivity contribution in [2.24, 2.45) is 0 Å². The zero-order chi connectivity index (χ0) is 10.7. The standard InChI is InChI=1S/C8H20NO3S/c1-8(2)12-13(10,11)7-6-9(3,4)5/h8H,6-7H2,1-5H3/q+1. The fourth-order valence-electron chi connectivity index (χ4n) is 0.727. The molecule has 0 saturated carbocycles. The Morgan fingerprint density at radius 1 is 1.23 bits per heavy atom. The van der Waals surface area contributed by atoms with Gasteiger partial charge >= 0.3 is 0 Å². The van der Waals surface area contributed by atoms with E-state index in [0.717, 1.165) is 0 Å². The highest BCUT2D eigenvalue weighted by Gasteiger charge is 2.18. The van der Waals surface area contributed by atoms with Gasteiger partial charge in [0, 0.05) is 0 Å². The summed E-state index contributed by atoms with van der Waals surface area (Å²) < 4.78 is 27.9. The maximum absolute atomic E-state index is 11.3. The lowest BCUT2D eigenvalue weighted by molar-refractivity contribution is -0.867. The fourth-order valence-corrected chi connectivity index (χ4v) is 2.18. The van der Waals surface area contributed by atoms with Crippen LogP contribution in [0.3, 0.4) is 0 Å². The van der Waals surface area contributed by atoms with Gasteiger partial charge in [-0.3, -0.25) is 4.18 Å². The van der Waals surface area contributed by atoms with Gasteiger partial charge in [0.2, 0.25) is 0 Å². The predicted octanol–water partition coefficient (Wildman–Crippen LogP) is 0.447. The Morgan fingerprint density at radius 3 is 2.00 bits per heavy atom. The molecule has 0 aromatic heterocycles. The molecule has 0 aliphatic heterocycles. The summed E-state index contributed by atoms with van der Waals surface area (Å²) in [6.45, 7) is 3.99. The Morgan fingerprint density at radius 2 is 1.69 bits per heavy atom. The van der Waals surface area contributed by atoms with Gasteiger partial charge in [-0.15, -0.1) is 0 Å². The third-order valence-electron chi connectivity index (χ3n) is 1.35. The first-order chi connectivity index (χ1) is 5.62. The van der Waals surface area contributed by atoms with E-state index >= 15 is 0 Å². The third kappa shape index (κ3) is 8.21. The molecule has 5 heteroatoms. The van der Waals surface area contributed by atoms with Crippen molar-refractivity contribution in [3.05, 3.63) is 0 Å². The third-order valence-corrected chi connectivity index (χ3v) is 2.71. The molecule has 0 N–H and O–H groups in total. The van der Waals surface area contributed by atoms with Gasteiger partial charge in [0.15, 0.2) is 0 Å². The minimum atomic E-state index is -3.33. The maximum atomic E-state index is 11.3. The molecule has 4 nitrogen and oxygen atoms in total. The van der Waals surface area contributed by atoms with E-state index in [2.05, 4.69) is 0 Å². The van der Waals surface area contributed by atoms with Crippen LogP contribution in [-0.4, -0.2) is 52.4 Å². The molecule has 0 aliphatic carbocycles. The van der Waals surface area contributed by atoms with Crippen molar-refractivity contribution < 1.29 is 17.1 Å². The average molecular weight is 210 g/mol. The second-order valence-corrected chi connectivity index (χ2v) is 6.14. The molecule has 0 aromatic rings. The molecule has 80 valence electrons. The van der Waals surface area contributed by atoms with E-state index in [4.69, 9.17) is 4.18 Å². The van der Waals surface area contributed by atoms with E-state index in [-0.39, 0.29) is 11.9 Å². The zero-order valence-corrected chi connectivity index (χ0v) is 9.89. The topological polar surface area (TPSA) is 43.4 Å². The highest BCUT2D eigenvalue weighted by atomic mass is 32.2. The largest absolute Gasteiger partial charge is 0.330 e. The molecule has 0 heterocycles. The molecule has 0 amide bonds. The first-order valence-electron chi connectivity index (χ1n) is 4.34. The van der Waals surface area contributed by atoms with Gasteiger partial charge in [-0.2, -0.15) is 8.42 Å². The summed E-state index contributed by atoms with van der Waals surface area (Å²) in [6.07, 6.45) is -0.266. The highest BCUT2D eigenvalue weighted by molar-refractivity contribution is 7.86. The van der Waals surface area contributed by atoms with Gasteiger partial charge in [0.1, 0.15) is 5.75 Å². The molecule has 13 heavy (non-hydrogen) atoms. The van der Waals surface area contributed by atoms with Crippen LogP contribution in [0.4, 0.5) is 0 Å². The van der Waals surface area contributed by atoms with Crippen molar-refractivity contribution in [2.45, 2.75) is 20.0 Å². The molecular formula is C8H20NO3S+. The van der Waals surface area contributed by atoms with Crippen molar-refractivity contribution in [3.8, 4) is 0 Å². The van der Waals surface area contributed by atoms with Gasteiger partial charge in [-0.1, -0.05) is 0 Å². The molecule has 0 radical (unpaired) electrons. The molecule has 0 aromatic carbocycles. The van der Waals surface area contributed by atoms with Crippen LogP contribution >= 0.6 is 0 Å². The van der Waals surface area contributed by atoms with Gasteiger partial charge in [-0.25, -0.2) is 0 Å². The molecule has 0 spiro atoms. The maximum Gasteiger partial charge on any atom is 0.273 e. The molecule has 0 aliphatic rings. The summed E-state index contributed by atoms with van der Waals surface area (Å²) in [6, 6.07) is 0. The molecule has 0 bridgehead atoms. The van der Waals surface area contributed by atoms with E-state index < -0.39 is 10.1 Å². The Hall–Kier alpha value is -0.130. The first kappa shape index (κ1) is 12.9. The summed E-state index contributed by atoms with van der Waals surface area (Å²) in [4.78, 5) is 0. The summed E-state index contributed by atoms with van der Waals surface area (Å²) in [7, 11) is 2.52. The van der Waals surface area contributed by atoms with Crippen molar-refractivity contribution in [1.82, 2.24) is 0 Å². The van der Waals surface area contributed by atoms with E-state index in [1.165, 1.54) is 0 Å². The first-order valence-corrected chi connectivity index (χ1v) is 5.91. The zero-order valence-electron chi connectivity index (χ0n) is 9.07. The quantitative estimate of drug-likeness (QED) is 0.489. The lowest BCUT2D eigenvalue weighted by Gasteiger charge is -2.23. The average Bonchev–Trinajstić information content (AvgIpc) is 1.79. The molecule has 0 rings (SSSR count). The van der Waals surface area contributed by atoms with E-state index in [1.54, 1.807) is 13.8 Å². The van der Waals surface area contributed by atoms with Crippen LogP contribution in [-0.2, 0) is 14.3 Å². The lowest BCUT2D eigenvalue weighted by Crippen LogP contribution is -2.39. The minimum absolute atomic E-state index is 0.0781. The normalized spacial score (nSPS) is 13.7. The molecule has 0 atom stereocenters. The summed E-state index contributed by atoms with van der Waals surface area (Å²) >= 11 is 0. The molecule has 0 fully saturated rings. The summed E-state index contributed by atoms with van der Waals surface area (Å²) in [5.74, 6) is 0.0781. The second kappa shape index (κ2) is 4.39. The van der Waals surface area contributed by atoms with Crippen LogP contribution in [0.5, 0.6) is 0 Å². The van der Waals surface area contributed by atoms with Gasteiger partial charge in [0.25, 0.3) is 10.1 Å². The number of quaternary nitrogens is 1. The Kier molecular flexibility index (Phi) is 4.35. The van der Waals surface area contributed by atoms with Gasteiger partial charge in [0.05, 0.1) is 33.8 Å². The van der Waals surface area contributed by atoms with E-state index in [9.17, 15) is 8.42 Å². The summed E-state index contributed by atoms with van der Waals surface area (Å²) in [5.41, 5.74) is 0. The lowest BCUT2D eigenvalue weighted by atomic mass is 10.5. The number of hydrogen-bond donors (Lipinski definition) is 0. The van der Waals surface area contributed by atoms with Crippen molar-refractivity contribution in [2.75, 3.05) is 33.4 Å². The molecular weight excluding hydrogens is 190 g/mol. The van der Waals surface area contributed by atoms with Crippen LogP contribution < -0.4 is 0 Å². The van der Waals surface area contributed by atoms with Crippen LogP contribution in [0.1, 0.15) is 13.8 Å². The SMILES string of the molecule is CC(C)OS(=O)(=O)CC[N+](C)(C)C. The second-order valence-electron chi connectivity index (χ2n) is 4.42. The van der Waals surface area contributed by atoms with Gasteiger partial charge < -0.3 is 4.48 Å². The smallest absolute Gasteiger partial charge is 0.273 e. The Bertz CT molecular complexity index is 239. The summed E-state index contributed by atoms with van der Waals surface area (Å²) in [5, 5.41) is 0. The van der Waals surface area contributed by atoms with Crippen LogP contribution in [0, 0.1) is 0 Å². The minimum Gasteiger partial charge on any atom is -0.330 e. The van der Waals surface area contributed by atoms with E-state index in [0.29, 0.717) is 11.0 Å². The number of nitrogens with zero attached hydrogens (tertiary/aromatic N) is 1. The Labute approximate surface area is 81.2 Å². The van der Waals surface area contributed by atoms with Crippen LogP contribution in [0.2, 0.25) is 0 Å². The monoisotopic (exact) mass is 210 g/mol. The van der Waals surface area contributed by atoms with Crippen molar-refractivity contribution >= 4 is 10.1 Å². The highest BCUT2D eigenvalue weighted by Crippen LogP contribution is 2.01. The van der Waals surface area contributed by atoms with Gasteiger partial charge in [-0.05, 0) is 13.8 Å². The van der Waals surface area contributed by atoms with E-state index in [1.807, 2.05) is 21.1 Å². The predicted molar refractivity (Wildman–Crippen MR) is 52.9 cm³/mol. The van der Waals surface area contributed by atoms with Crippen LogP contribution in [0.15, 0.2) is 0 Å². The Balaban J connectivity index is 4.06.